The molecule has 1 nitrogen and oxygen atoms in total. The molecule has 0 saturated carbocycles. The Hall–Kier alpha value is 1.92. The standard InChI is InChI=1S/C7H12Cl6OSi/c1-15(2,3)14-6(11)7(12,13)4(8)5(9)10/h4-6H,1-3H3. The molecule has 2 unspecified atom stereocenters. The van der Waals surface area contributed by atoms with E-state index in [4.69, 9.17) is 74.0 Å². The van der Waals surface area contributed by atoms with Gasteiger partial charge in [-0.2, -0.15) is 0 Å². The van der Waals surface area contributed by atoms with E-state index in [0.717, 1.165) is 0 Å². The van der Waals surface area contributed by atoms with E-state index in [-0.39, 0.29) is 0 Å². The molecule has 0 radical (unpaired) electrons. The molecule has 0 N–H and O–H groups in total. The summed E-state index contributed by atoms with van der Waals surface area (Å²) in [6, 6.07) is 0. The van der Waals surface area contributed by atoms with Crippen molar-refractivity contribution in [1.29, 1.82) is 0 Å². The molecule has 0 rings (SSSR count). The molecule has 0 aliphatic rings. The molecule has 0 bridgehead atoms. The van der Waals surface area contributed by atoms with Gasteiger partial charge in [-0.25, -0.2) is 0 Å². The van der Waals surface area contributed by atoms with E-state index in [1.807, 2.05) is 19.6 Å². The van der Waals surface area contributed by atoms with Crippen molar-refractivity contribution >= 4 is 77.9 Å². The zero-order chi connectivity index (χ0) is 12.4. The van der Waals surface area contributed by atoms with Crippen molar-refractivity contribution < 1.29 is 4.43 Å². The first-order chi connectivity index (χ1) is 6.48. The summed E-state index contributed by atoms with van der Waals surface area (Å²) in [5.74, 6) is 0. The lowest BCUT2D eigenvalue weighted by atomic mass is 10.3. The predicted molar refractivity (Wildman–Crippen MR) is 73.6 cm³/mol. The average molecular weight is 353 g/mol. The van der Waals surface area contributed by atoms with Gasteiger partial charge in [0.25, 0.3) is 0 Å². The van der Waals surface area contributed by atoms with Gasteiger partial charge in [0.1, 0.15) is 10.2 Å². The molecule has 0 aromatic rings. The van der Waals surface area contributed by atoms with Crippen LogP contribution in [0.15, 0.2) is 0 Å². The number of rotatable bonds is 5. The Kier molecular flexibility index (Phi) is 6.98. The minimum atomic E-state index is -1.86. The van der Waals surface area contributed by atoms with Crippen molar-refractivity contribution in [2.24, 2.45) is 0 Å². The van der Waals surface area contributed by atoms with E-state index in [1.165, 1.54) is 0 Å². The van der Waals surface area contributed by atoms with Gasteiger partial charge < -0.3 is 4.43 Å². The molecule has 2 atom stereocenters. The summed E-state index contributed by atoms with van der Waals surface area (Å²) in [5.41, 5.74) is -0.949. The van der Waals surface area contributed by atoms with Gasteiger partial charge >= 0.3 is 0 Å². The highest BCUT2D eigenvalue weighted by molar-refractivity contribution is 6.70. The average Bonchev–Trinajstić information content (AvgIpc) is 1.99. The monoisotopic (exact) mass is 350 g/mol. The molecular formula is C7H12Cl6OSi. The third-order valence-electron chi connectivity index (χ3n) is 1.35. The Bertz CT molecular complexity index is 204. The number of alkyl halides is 6. The van der Waals surface area contributed by atoms with Gasteiger partial charge in [0.2, 0.25) is 0 Å². The zero-order valence-electron chi connectivity index (χ0n) is 8.41. The Morgan fingerprint density at radius 2 is 1.40 bits per heavy atom. The summed E-state index contributed by atoms with van der Waals surface area (Å²) in [7, 11) is -1.86. The van der Waals surface area contributed by atoms with Gasteiger partial charge in [-0.1, -0.05) is 34.8 Å². The number of hydrogen-bond donors (Lipinski definition) is 0. The molecule has 0 amide bonds. The van der Waals surface area contributed by atoms with E-state index in [1.54, 1.807) is 0 Å². The van der Waals surface area contributed by atoms with Crippen LogP contribution in [0.1, 0.15) is 0 Å². The highest BCUT2D eigenvalue weighted by atomic mass is 35.5. The molecule has 0 aliphatic carbocycles. The molecule has 0 spiro atoms. The van der Waals surface area contributed by atoms with Crippen LogP contribution >= 0.6 is 69.6 Å². The quantitative estimate of drug-likeness (QED) is 0.500. The van der Waals surface area contributed by atoms with E-state index < -0.39 is 28.4 Å². The number of hydrogen-bond acceptors (Lipinski definition) is 1. The van der Waals surface area contributed by atoms with Crippen LogP contribution in [-0.4, -0.2) is 28.4 Å². The third kappa shape index (κ3) is 5.87. The van der Waals surface area contributed by atoms with Gasteiger partial charge in [0.05, 0.1) is 0 Å². The Morgan fingerprint density at radius 3 is 1.67 bits per heavy atom. The van der Waals surface area contributed by atoms with E-state index in [0.29, 0.717) is 0 Å². The van der Waals surface area contributed by atoms with Crippen molar-refractivity contribution in [3.63, 3.8) is 0 Å². The van der Waals surface area contributed by atoms with Gasteiger partial charge in [-0.3, -0.25) is 0 Å². The highest BCUT2D eigenvalue weighted by Gasteiger charge is 2.46. The molecule has 0 aliphatic heterocycles. The third-order valence-corrected chi connectivity index (χ3v) is 5.55. The smallest absolute Gasteiger partial charge is 0.185 e. The second kappa shape index (κ2) is 6.19. The maximum atomic E-state index is 5.97. The first-order valence-electron chi connectivity index (χ1n) is 4.10. The van der Waals surface area contributed by atoms with E-state index in [9.17, 15) is 0 Å². The lowest BCUT2D eigenvalue weighted by Crippen LogP contribution is -2.45. The highest BCUT2D eigenvalue weighted by Crippen LogP contribution is 2.41. The van der Waals surface area contributed by atoms with Gasteiger partial charge in [-0.05, 0) is 19.6 Å². The summed E-state index contributed by atoms with van der Waals surface area (Å²) in [5, 5.41) is -0.914. The summed E-state index contributed by atoms with van der Waals surface area (Å²) in [4.78, 5) is -0.923. The maximum absolute atomic E-state index is 5.97. The van der Waals surface area contributed by atoms with Crippen LogP contribution < -0.4 is 0 Å². The zero-order valence-corrected chi connectivity index (χ0v) is 13.9. The molecule has 0 aromatic carbocycles. The lowest BCUT2D eigenvalue weighted by Gasteiger charge is -2.33. The summed E-state index contributed by atoms with van der Waals surface area (Å²) in [6.07, 6.45) is 0. The fourth-order valence-corrected chi connectivity index (χ4v) is 3.75. The molecule has 0 fully saturated rings. The number of halogens is 6. The van der Waals surface area contributed by atoms with Crippen LogP contribution in [0.3, 0.4) is 0 Å². The largest absolute Gasteiger partial charge is 0.399 e. The van der Waals surface area contributed by atoms with Crippen molar-refractivity contribution in [3.8, 4) is 0 Å². The van der Waals surface area contributed by atoms with Crippen molar-refractivity contribution in [1.82, 2.24) is 0 Å². The minimum Gasteiger partial charge on any atom is -0.399 e. The van der Waals surface area contributed by atoms with Gasteiger partial charge in [-0.15, -0.1) is 34.8 Å². The Balaban J connectivity index is 4.58. The van der Waals surface area contributed by atoms with Crippen LogP contribution in [0.25, 0.3) is 0 Å². The summed E-state index contributed by atoms with van der Waals surface area (Å²) < 4.78 is 3.98. The van der Waals surface area contributed by atoms with Crippen LogP contribution in [0.2, 0.25) is 19.6 Å². The summed E-state index contributed by atoms with van der Waals surface area (Å²) >= 11 is 34.9. The van der Waals surface area contributed by atoms with Crippen LogP contribution in [0.4, 0.5) is 0 Å². The van der Waals surface area contributed by atoms with Crippen LogP contribution in [0, 0.1) is 0 Å². The van der Waals surface area contributed by atoms with Crippen LogP contribution in [0.5, 0.6) is 0 Å². The van der Waals surface area contributed by atoms with E-state index in [2.05, 4.69) is 0 Å². The molecule has 92 valence electrons. The lowest BCUT2D eigenvalue weighted by molar-refractivity contribution is 0.252. The van der Waals surface area contributed by atoms with Crippen molar-refractivity contribution in [3.05, 3.63) is 0 Å². The topological polar surface area (TPSA) is 9.23 Å². The summed E-state index contributed by atoms with van der Waals surface area (Å²) in [6.45, 7) is 5.86. The first kappa shape index (κ1) is 16.9. The molecular weight excluding hydrogens is 341 g/mol. The predicted octanol–water partition coefficient (Wildman–Crippen LogP) is 4.99. The second-order valence-electron chi connectivity index (χ2n) is 3.96. The Morgan fingerprint density at radius 1 is 1.00 bits per heavy atom. The fraction of sp³-hybridized carbons (Fsp3) is 1.00. The fourth-order valence-electron chi connectivity index (χ4n) is 0.682. The SMILES string of the molecule is C[Si](C)(C)OC(Cl)C(Cl)(Cl)C(Cl)C(Cl)Cl. The van der Waals surface area contributed by atoms with Crippen molar-refractivity contribution in [2.75, 3.05) is 0 Å². The molecule has 0 saturated heterocycles. The molecule has 15 heavy (non-hydrogen) atoms. The Labute approximate surface area is 121 Å². The van der Waals surface area contributed by atoms with Crippen molar-refractivity contribution in [2.45, 2.75) is 39.8 Å². The first-order valence-corrected chi connectivity index (χ1v) is 10.0. The van der Waals surface area contributed by atoms with Crippen LogP contribution in [-0.2, 0) is 4.43 Å². The minimum absolute atomic E-state index is 0.914. The molecule has 0 aromatic heterocycles. The molecule has 0 heterocycles. The molecule has 8 heteroatoms. The van der Waals surface area contributed by atoms with Gasteiger partial charge in [0.15, 0.2) is 18.2 Å². The van der Waals surface area contributed by atoms with Gasteiger partial charge in [0, 0.05) is 0 Å². The van der Waals surface area contributed by atoms with E-state index >= 15 is 0 Å². The normalized spacial score (nSPS) is 18.0. The second-order valence-corrected chi connectivity index (χ2v) is 11.9. The maximum Gasteiger partial charge on any atom is 0.185 e.